The molecule has 0 aliphatic rings. The van der Waals surface area contributed by atoms with Crippen molar-refractivity contribution >= 4 is 11.7 Å². The molecule has 0 aliphatic carbocycles. The van der Waals surface area contributed by atoms with Crippen molar-refractivity contribution in [3.8, 4) is 0 Å². The molecule has 0 saturated heterocycles. The minimum atomic E-state index is -0.0453. The number of carbonyl (C=O) groups is 1. The Balaban J connectivity index is 1.83. The predicted octanol–water partition coefficient (Wildman–Crippen LogP) is 1.69. The molecule has 94 valence electrons. The Labute approximate surface area is 106 Å². The van der Waals surface area contributed by atoms with Gasteiger partial charge in [0.1, 0.15) is 0 Å². The maximum Gasteiger partial charge on any atom is 0.225 e. The van der Waals surface area contributed by atoms with Crippen LogP contribution in [0.25, 0.3) is 0 Å². The molecule has 0 unspecified atom stereocenters. The lowest BCUT2D eigenvalue weighted by Gasteiger charge is -2.02. The maximum absolute atomic E-state index is 11.7. The number of hydrogen-bond acceptors (Lipinski definition) is 3. The Kier molecular flexibility index (Phi) is 3.72. The molecule has 5 nitrogen and oxygen atoms in total. The average Bonchev–Trinajstić information content (AvgIpc) is 2.74. The quantitative estimate of drug-likeness (QED) is 0.890. The van der Waals surface area contributed by atoms with Gasteiger partial charge in [0.25, 0.3) is 0 Å². The summed E-state index contributed by atoms with van der Waals surface area (Å²) in [5.74, 6) is 0.447. The number of hydrogen-bond donors (Lipinski definition) is 1. The van der Waals surface area contributed by atoms with E-state index in [1.165, 1.54) is 5.56 Å². The van der Waals surface area contributed by atoms with E-state index >= 15 is 0 Å². The smallest absolute Gasteiger partial charge is 0.225 e. The van der Waals surface area contributed by atoms with E-state index in [1.807, 2.05) is 19.1 Å². The molecule has 0 fully saturated rings. The molecule has 0 aliphatic heterocycles. The highest BCUT2D eigenvalue weighted by Crippen LogP contribution is 2.07. The number of nitrogens with one attached hydrogen (secondary N) is 1. The monoisotopic (exact) mass is 244 g/mol. The summed E-state index contributed by atoms with van der Waals surface area (Å²) in [7, 11) is 1.76. The summed E-state index contributed by atoms with van der Waals surface area (Å²) in [4.78, 5) is 11.7. The van der Waals surface area contributed by atoms with Gasteiger partial charge < -0.3 is 5.32 Å². The number of benzene rings is 1. The largest absolute Gasteiger partial charge is 0.308 e. The molecule has 1 aromatic carbocycles. The second-order valence-electron chi connectivity index (χ2n) is 4.31. The zero-order valence-corrected chi connectivity index (χ0v) is 10.6. The normalized spacial score (nSPS) is 10.3. The van der Waals surface area contributed by atoms with Gasteiger partial charge in [-0.1, -0.05) is 35.0 Å². The van der Waals surface area contributed by atoms with Crippen LogP contribution < -0.4 is 5.32 Å². The molecule has 5 heteroatoms. The Morgan fingerprint density at radius 2 is 2.06 bits per heavy atom. The Hall–Kier alpha value is -2.17. The van der Waals surface area contributed by atoms with E-state index in [-0.39, 0.29) is 5.91 Å². The lowest BCUT2D eigenvalue weighted by atomic mass is 10.1. The Morgan fingerprint density at radius 3 is 2.67 bits per heavy atom. The summed E-state index contributed by atoms with van der Waals surface area (Å²) in [5.41, 5.74) is 2.39. The zero-order chi connectivity index (χ0) is 13.0. The van der Waals surface area contributed by atoms with E-state index in [1.54, 1.807) is 17.9 Å². The summed E-state index contributed by atoms with van der Waals surface area (Å²) in [5, 5.41) is 10.3. The molecule has 2 aromatic rings. The van der Waals surface area contributed by atoms with E-state index in [2.05, 4.69) is 27.8 Å². The standard InChI is InChI=1S/C13H16N4O/c1-10-3-5-11(6-4-10)7-8-13(18)14-12-9-17(2)16-15-12/h3-6,9H,7-8H2,1-2H3,(H,14,18). The summed E-state index contributed by atoms with van der Waals surface area (Å²) in [6.45, 7) is 2.05. The van der Waals surface area contributed by atoms with Gasteiger partial charge in [0.2, 0.25) is 5.91 Å². The molecule has 1 amide bonds. The Bertz CT molecular complexity index is 530. The highest BCUT2D eigenvalue weighted by molar-refractivity contribution is 5.89. The summed E-state index contributed by atoms with van der Waals surface area (Å²) >= 11 is 0. The van der Waals surface area contributed by atoms with Crippen molar-refractivity contribution in [1.82, 2.24) is 15.0 Å². The SMILES string of the molecule is Cc1ccc(CCC(=O)Nc2cn(C)nn2)cc1. The third-order valence-electron chi connectivity index (χ3n) is 2.63. The van der Waals surface area contributed by atoms with E-state index in [4.69, 9.17) is 0 Å². The van der Waals surface area contributed by atoms with Gasteiger partial charge in [-0.2, -0.15) is 0 Å². The van der Waals surface area contributed by atoms with Gasteiger partial charge in [-0.3, -0.25) is 9.48 Å². The van der Waals surface area contributed by atoms with Gasteiger partial charge in [-0.05, 0) is 18.9 Å². The summed E-state index contributed by atoms with van der Waals surface area (Å²) < 4.78 is 1.55. The first-order valence-corrected chi connectivity index (χ1v) is 5.85. The van der Waals surface area contributed by atoms with Crippen LogP contribution in [0.15, 0.2) is 30.5 Å². The molecule has 0 bridgehead atoms. The van der Waals surface area contributed by atoms with E-state index in [0.29, 0.717) is 12.2 Å². The van der Waals surface area contributed by atoms with Crippen LogP contribution in [-0.2, 0) is 18.3 Å². The molecule has 1 heterocycles. The van der Waals surface area contributed by atoms with Crippen molar-refractivity contribution in [1.29, 1.82) is 0 Å². The molecule has 0 radical (unpaired) electrons. The lowest BCUT2D eigenvalue weighted by Crippen LogP contribution is -2.12. The van der Waals surface area contributed by atoms with Crippen LogP contribution in [0.1, 0.15) is 17.5 Å². The predicted molar refractivity (Wildman–Crippen MR) is 69.1 cm³/mol. The molecule has 0 atom stereocenters. The molecular weight excluding hydrogens is 228 g/mol. The van der Waals surface area contributed by atoms with Crippen LogP contribution in [0, 0.1) is 6.92 Å². The number of carbonyl (C=O) groups excluding carboxylic acids is 1. The highest BCUT2D eigenvalue weighted by atomic mass is 16.1. The van der Waals surface area contributed by atoms with Gasteiger partial charge >= 0.3 is 0 Å². The van der Waals surface area contributed by atoms with Crippen LogP contribution in [0.5, 0.6) is 0 Å². The van der Waals surface area contributed by atoms with Crippen molar-refractivity contribution < 1.29 is 4.79 Å². The van der Waals surface area contributed by atoms with Gasteiger partial charge in [-0.25, -0.2) is 0 Å². The summed E-state index contributed by atoms with van der Waals surface area (Å²) in [6.07, 6.45) is 2.84. The molecule has 1 aromatic heterocycles. The van der Waals surface area contributed by atoms with Gasteiger partial charge in [0, 0.05) is 13.5 Å². The molecule has 18 heavy (non-hydrogen) atoms. The van der Waals surface area contributed by atoms with Gasteiger partial charge in [0.05, 0.1) is 6.20 Å². The van der Waals surface area contributed by atoms with Crippen molar-refractivity contribution in [3.63, 3.8) is 0 Å². The number of amides is 1. The topological polar surface area (TPSA) is 59.8 Å². The molecule has 0 spiro atoms. The fraction of sp³-hybridized carbons (Fsp3) is 0.308. The maximum atomic E-state index is 11.7. The van der Waals surface area contributed by atoms with Crippen LogP contribution in [0.3, 0.4) is 0 Å². The molecule has 0 saturated carbocycles. The van der Waals surface area contributed by atoms with Gasteiger partial charge in [-0.15, -0.1) is 5.10 Å². The van der Waals surface area contributed by atoms with Crippen molar-refractivity contribution in [2.24, 2.45) is 7.05 Å². The highest BCUT2D eigenvalue weighted by Gasteiger charge is 2.05. The third-order valence-corrected chi connectivity index (χ3v) is 2.63. The van der Waals surface area contributed by atoms with Crippen LogP contribution in [0.4, 0.5) is 5.82 Å². The molecule has 2 rings (SSSR count). The minimum Gasteiger partial charge on any atom is -0.308 e. The van der Waals surface area contributed by atoms with E-state index in [9.17, 15) is 4.79 Å². The van der Waals surface area contributed by atoms with Crippen molar-refractivity contribution in [2.75, 3.05) is 5.32 Å². The van der Waals surface area contributed by atoms with Gasteiger partial charge in [0.15, 0.2) is 5.82 Å². The fourth-order valence-electron chi connectivity index (χ4n) is 1.62. The van der Waals surface area contributed by atoms with E-state index in [0.717, 1.165) is 12.0 Å². The number of aryl methyl sites for hydroxylation is 3. The number of rotatable bonds is 4. The fourth-order valence-corrected chi connectivity index (χ4v) is 1.62. The number of anilines is 1. The first-order valence-electron chi connectivity index (χ1n) is 5.85. The van der Waals surface area contributed by atoms with Crippen LogP contribution in [-0.4, -0.2) is 20.9 Å². The Morgan fingerprint density at radius 1 is 1.33 bits per heavy atom. The summed E-state index contributed by atoms with van der Waals surface area (Å²) in [6, 6.07) is 8.20. The van der Waals surface area contributed by atoms with Crippen LogP contribution >= 0.6 is 0 Å². The third kappa shape index (κ3) is 3.41. The molecular formula is C13H16N4O. The van der Waals surface area contributed by atoms with Crippen molar-refractivity contribution in [3.05, 3.63) is 41.6 Å². The van der Waals surface area contributed by atoms with E-state index < -0.39 is 0 Å². The van der Waals surface area contributed by atoms with Crippen LogP contribution in [0.2, 0.25) is 0 Å². The molecule has 1 N–H and O–H groups in total. The number of aromatic nitrogens is 3. The number of nitrogens with zero attached hydrogens (tertiary/aromatic N) is 3. The zero-order valence-electron chi connectivity index (χ0n) is 10.6. The average molecular weight is 244 g/mol. The van der Waals surface area contributed by atoms with Crippen molar-refractivity contribution in [2.45, 2.75) is 19.8 Å². The second-order valence-corrected chi connectivity index (χ2v) is 4.31. The minimum absolute atomic E-state index is 0.0453. The second kappa shape index (κ2) is 5.44. The first-order chi connectivity index (χ1) is 8.63. The lowest BCUT2D eigenvalue weighted by molar-refractivity contribution is -0.116. The first kappa shape index (κ1) is 12.3.